The lowest BCUT2D eigenvalue weighted by molar-refractivity contribution is -0.385. The van der Waals surface area contributed by atoms with E-state index in [4.69, 9.17) is 4.74 Å². The van der Waals surface area contributed by atoms with Gasteiger partial charge in [-0.1, -0.05) is 25.3 Å². The van der Waals surface area contributed by atoms with Crippen LogP contribution in [0.3, 0.4) is 0 Å². The maximum atomic E-state index is 13.0. The van der Waals surface area contributed by atoms with Crippen molar-refractivity contribution in [1.29, 1.82) is 0 Å². The first-order valence-corrected chi connectivity index (χ1v) is 9.83. The SMILES string of the molecule is CC1=C(C(=O)OC2CCCCCCC2)[C@@H](c2ccc(O)c([N+](=O)[O-])c2)NC(=O)N1. The molecule has 3 N–H and O–H groups in total. The number of allylic oxidation sites excluding steroid dienone is 1. The first kappa shape index (κ1) is 20.6. The molecule has 0 unspecified atom stereocenters. The Morgan fingerprint density at radius 3 is 2.52 bits per heavy atom. The Bertz CT molecular complexity index is 843. The Labute approximate surface area is 168 Å². The standard InChI is InChI=1S/C20H25N3O6/c1-12-17(19(25)29-14-7-5-3-2-4-6-8-14)18(22-20(26)21-12)13-9-10-16(24)15(11-13)23(27)28/h9-11,14,18,24H,2-8H2,1H3,(H2,21,22,26)/t18-/m1/s1. The number of phenols is 1. The maximum Gasteiger partial charge on any atom is 0.338 e. The molecule has 1 aliphatic heterocycles. The average Bonchev–Trinajstić information content (AvgIpc) is 2.63. The number of urea groups is 1. The quantitative estimate of drug-likeness (QED) is 0.400. The van der Waals surface area contributed by atoms with Crippen LogP contribution in [0.15, 0.2) is 29.5 Å². The number of nitrogens with one attached hydrogen (secondary N) is 2. The zero-order valence-corrected chi connectivity index (χ0v) is 16.3. The summed E-state index contributed by atoms with van der Waals surface area (Å²) < 4.78 is 5.75. The number of nitro groups is 1. The molecule has 0 saturated heterocycles. The van der Waals surface area contributed by atoms with Crippen LogP contribution in [0, 0.1) is 10.1 Å². The molecule has 1 aromatic rings. The van der Waals surface area contributed by atoms with Crippen molar-refractivity contribution in [3.8, 4) is 5.75 Å². The van der Waals surface area contributed by atoms with Gasteiger partial charge < -0.3 is 20.5 Å². The van der Waals surface area contributed by atoms with Gasteiger partial charge in [-0.25, -0.2) is 9.59 Å². The zero-order chi connectivity index (χ0) is 21.0. The van der Waals surface area contributed by atoms with Crippen molar-refractivity contribution in [3.05, 3.63) is 45.1 Å². The monoisotopic (exact) mass is 403 g/mol. The Balaban J connectivity index is 1.88. The zero-order valence-electron chi connectivity index (χ0n) is 16.3. The Morgan fingerprint density at radius 2 is 1.86 bits per heavy atom. The topological polar surface area (TPSA) is 131 Å². The third-order valence-corrected chi connectivity index (χ3v) is 5.34. The smallest absolute Gasteiger partial charge is 0.338 e. The fraction of sp³-hybridized carbons (Fsp3) is 0.500. The number of benzene rings is 1. The van der Waals surface area contributed by atoms with Gasteiger partial charge in [-0.3, -0.25) is 10.1 Å². The van der Waals surface area contributed by atoms with Crippen LogP contribution in [0.4, 0.5) is 10.5 Å². The molecule has 1 aliphatic carbocycles. The van der Waals surface area contributed by atoms with Gasteiger partial charge >= 0.3 is 17.7 Å². The van der Waals surface area contributed by atoms with E-state index in [1.165, 1.54) is 18.6 Å². The van der Waals surface area contributed by atoms with Crippen molar-refractivity contribution < 1.29 is 24.4 Å². The van der Waals surface area contributed by atoms with Crippen LogP contribution >= 0.6 is 0 Å². The number of ether oxygens (including phenoxy) is 1. The van der Waals surface area contributed by atoms with E-state index in [2.05, 4.69) is 10.6 Å². The minimum Gasteiger partial charge on any atom is -0.502 e. The van der Waals surface area contributed by atoms with Gasteiger partial charge in [-0.2, -0.15) is 0 Å². The van der Waals surface area contributed by atoms with Gasteiger partial charge in [-0.15, -0.1) is 0 Å². The van der Waals surface area contributed by atoms with Crippen LogP contribution < -0.4 is 10.6 Å². The molecule has 2 amide bonds. The molecule has 1 aromatic carbocycles. The number of aromatic hydroxyl groups is 1. The summed E-state index contributed by atoms with van der Waals surface area (Å²) in [5.41, 5.74) is 0.353. The second kappa shape index (κ2) is 8.93. The average molecular weight is 403 g/mol. The summed E-state index contributed by atoms with van der Waals surface area (Å²) in [6.45, 7) is 1.59. The van der Waals surface area contributed by atoms with Crippen LogP contribution in [0.1, 0.15) is 63.5 Å². The second-order valence-electron chi connectivity index (χ2n) is 7.45. The number of nitro benzene ring substituents is 1. The normalized spacial score (nSPS) is 20.9. The molecule has 0 spiro atoms. The summed E-state index contributed by atoms with van der Waals surface area (Å²) >= 11 is 0. The fourth-order valence-electron chi connectivity index (χ4n) is 3.83. The van der Waals surface area contributed by atoms with Gasteiger partial charge in [0.1, 0.15) is 6.10 Å². The summed E-state index contributed by atoms with van der Waals surface area (Å²) in [5.74, 6) is -1.04. The van der Waals surface area contributed by atoms with Gasteiger partial charge in [0, 0.05) is 11.8 Å². The van der Waals surface area contributed by atoms with Crippen molar-refractivity contribution >= 4 is 17.7 Å². The Kier molecular flexibility index (Phi) is 6.36. The molecule has 156 valence electrons. The summed E-state index contributed by atoms with van der Waals surface area (Å²) in [5, 5.41) is 26.1. The summed E-state index contributed by atoms with van der Waals surface area (Å²) in [6.07, 6.45) is 6.84. The third-order valence-electron chi connectivity index (χ3n) is 5.34. The summed E-state index contributed by atoms with van der Waals surface area (Å²) in [4.78, 5) is 35.4. The van der Waals surface area contributed by atoms with E-state index < -0.39 is 34.4 Å². The first-order chi connectivity index (χ1) is 13.9. The minimum absolute atomic E-state index is 0.185. The van der Waals surface area contributed by atoms with Gasteiger partial charge in [-0.05, 0) is 44.2 Å². The van der Waals surface area contributed by atoms with E-state index in [1.807, 2.05) is 0 Å². The van der Waals surface area contributed by atoms with Gasteiger partial charge in [0.05, 0.1) is 16.5 Å². The van der Waals surface area contributed by atoms with Crippen LogP contribution in [0.25, 0.3) is 0 Å². The highest BCUT2D eigenvalue weighted by molar-refractivity contribution is 5.95. The fourth-order valence-corrected chi connectivity index (χ4v) is 3.83. The highest BCUT2D eigenvalue weighted by atomic mass is 16.6. The summed E-state index contributed by atoms with van der Waals surface area (Å²) in [7, 11) is 0. The van der Waals surface area contributed by atoms with E-state index in [1.54, 1.807) is 6.92 Å². The first-order valence-electron chi connectivity index (χ1n) is 9.83. The highest BCUT2D eigenvalue weighted by Crippen LogP contribution is 2.34. The third kappa shape index (κ3) is 4.85. The number of nitrogens with zero attached hydrogens (tertiary/aromatic N) is 1. The molecule has 1 heterocycles. The van der Waals surface area contributed by atoms with E-state index >= 15 is 0 Å². The molecule has 1 fully saturated rings. The Hall–Kier alpha value is -3.10. The van der Waals surface area contributed by atoms with Crippen molar-refractivity contribution in [2.75, 3.05) is 0 Å². The molecule has 2 aliphatic rings. The molecule has 0 aromatic heterocycles. The number of phenolic OH excluding ortho intramolecular Hbond substituents is 1. The molecule has 0 bridgehead atoms. The van der Waals surface area contributed by atoms with Crippen LogP contribution in [0.5, 0.6) is 5.75 Å². The van der Waals surface area contributed by atoms with Gasteiger partial charge in [0.25, 0.3) is 0 Å². The second-order valence-corrected chi connectivity index (χ2v) is 7.45. The largest absolute Gasteiger partial charge is 0.502 e. The van der Waals surface area contributed by atoms with E-state index in [9.17, 15) is 24.8 Å². The number of hydrogen-bond donors (Lipinski definition) is 3. The molecular weight excluding hydrogens is 378 g/mol. The van der Waals surface area contributed by atoms with Crippen LogP contribution in [0.2, 0.25) is 0 Å². The lowest BCUT2D eigenvalue weighted by Gasteiger charge is -2.29. The molecule has 1 saturated carbocycles. The lowest BCUT2D eigenvalue weighted by atomic mass is 9.94. The predicted molar refractivity (Wildman–Crippen MR) is 104 cm³/mol. The molecule has 9 nitrogen and oxygen atoms in total. The number of rotatable bonds is 4. The lowest BCUT2D eigenvalue weighted by Crippen LogP contribution is -2.45. The molecule has 9 heteroatoms. The van der Waals surface area contributed by atoms with Crippen molar-refractivity contribution in [3.63, 3.8) is 0 Å². The summed E-state index contributed by atoms with van der Waals surface area (Å²) in [6, 6.07) is 2.33. The van der Waals surface area contributed by atoms with E-state index in [0.717, 1.165) is 44.6 Å². The molecule has 1 atom stereocenters. The number of hydrogen-bond acceptors (Lipinski definition) is 6. The van der Waals surface area contributed by atoms with Crippen molar-refractivity contribution in [2.24, 2.45) is 0 Å². The van der Waals surface area contributed by atoms with Gasteiger partial charge in [0.2, 0.25) is 0 Å². The van der Waals surface area contributed by atoms with Crippen molar-refractivity contribution in [2.45, 2.75) is 64.0 Å². The number of carbonyl (C=O) groups excluding carboxylic acids is 2. The van der Waals surface area contributed by atoms with E-state index in [-0.39, 0.29) is 11.7 Å². The molecule has 0 radical (unpaired) electrons. The highest BCUT2D eigenvalue weighted by Gasteiger charge is 2.34. The molecule has 3 rings (SSSR count). The minimum atomic E-state index is -0.913. The number of esters is 1. The predicted octanol–water partition coefficient (Wildman–Crippen LogP) is 3.58. The number of carbonyl (C=O) groups is 2. The molecule has 29 heavy (non-hydrogen) atoms. The van der Waals surface area contributed by atoms with Crippen molar-refractivity contribution in [1.82, 2.24) is 10.6 Å². The Morgan fingerprint density at radius 1 is 1.21 bits per heavy atom. The maximum absolute atomic E-state index is 13.0. The van der Waals surface area contributed by atoms with E-state index in [0.29, 0.717) is 11.3 Å². The van der Waals surface area contributed by atoms with Crippen LogP contribution in [-0.2, 0) is 9.53 Å². The van der Waals surface area contributed by atoms with Crippen LogP contribution in [-0.4, -0.2) is 28.1 Å². The molecular formula is C20H25N3O6. The number of amides is 2. The van der Waals surface area contributed by atoms with Gasteiger partial charge in [0.15, 0.2) is 5.75 Å².